The molecule has 0 amide bonds. The first kappa shape index (κ1) is 14.4. The van der Waals surface area contributed by atoms with Gasteiger partial charge in [0.15, 0.2) is 0 Å². The monoisotopic (exact) mass is 217 g/mol. The van der Waals surface area contributed by atoms with Gasteiger partial charge in [-0.15, -0.1) is 0 Å². The quantitative estimate of drug-likeness (QED) is 0.448. The highest BCUT2D eigenvalue weighted by Crippen LogP contribution is 1.98. The number of methoxy groups -OCH3 is 1. The highest BCUT2D eigenvalue weighted by atomic mass is 16.5. The minimum atomic E-state index is -0.453. The van der Waals surface area contributed by atoms with E-state index >= 15 is 0 Å². The van der Waals surface area contributed by atoms with E-state index in [2.05, 4.69) is 17.0 Å². The van der Waals surface area contributed by atoms with Crippen molar-refractivity contribution in [3.05, 3.63) is 0 Å². The Bertz CT molecular complexity index is 162. The van der Waals surface area contributed by atoms with Gasteiger partial charge in [-0.1, -0.05) is 19.8 Å². The predicted molar refractivity (Wildman–Crippen MR) is 59.7 cm³/mol. The number of carbonyl (C=O) groups is 1. The van der Waals surface area contributed by atoms with Crippen LogP contribution in [0.1, 0.15) is 39.0 Å². The SMILES string of the molecule is CCCCCNCC(O)CCC(=O)OC. The number of hydrogen-bond donors (Lipinski definition) is 2. The van der Waals surface area contributed by atoms with Crippen LogP contribution in [0.5, 0.6) is 0 Å². The molecule has 4 nitrogen and oxygen atoms in total. The minimum Gasteiger partial charge on any atom is -0.469 e. The van der Waals surface area contributed by atoms with Gasteiger partial charge in [0.25, 0.3) is 0 Å². The molecule has 15 heavy (non-hydrogen) atoms. The summed E-state index contributed by atoms with van der Waals surface area (Å²) in [5, 5.41) is 12.6. The van der Waals surface area contributed by atoms with E-state index in [9.17, 15) is 9.90 Å². The summed E-state index contributed by atoms with van der Waals surface area (Å²) in [6, 6.07) is 0. The van der Waals surface area contributed by atoms with Crippen molar-refractivity contribution in [1.82, 2.24) is 5.32 Å². The van der Waals surface area contributed by atoms with Crippen molar-refractivity contribution in [3.8, 4) is 0 Å². The van der Waals surface area contributed by atoms with E-state index in [0.717, 1.165) is 13.0 Å². The summed E-state index contributed by atoms with van der Waals surface area (Å²) in [7, 11) is 1.36. The number of aliphatic hydroxyl groups is 1. The average molecular weight is 217 g/mol. The van der Waals surface area contributed by atoms with E-state index in [4.69, 9.17) is 0 Å². The van der Waals surface area contributed by atoms with E-state index in [0.29, 0.717) is 13.0 Å². The molecule has 0 aliphatic heterocycles. The fraction of sp³-hybridized carbons (Fsp3) is 0.909. The molecular formula is C11H23NO3. The van der Waals surface area contributed by atoms with E-state index < -0.39 is 6.10 Å². The molecule has 90 valence electrons. The first-order valence-electron chi connectivity index (χ1n) is 5.66. The third kappa shape index (κ3) is 9.69. The maximum atomic E-state index is 10.8. The fourth-order valence-electron chi connectivity index (χ4n) is 1.26. The first-order chi connectivity index (χ1) is 7.20. The van der Waals surface area contributed by atoms with Gasteiger partial charge in [-0.2, -0.15) is 0 Å². The van der Waals surface area contributed by atoms with E-state index in [1.165, 1.54) is 20.0 Å². The predicted octanol–water partition coefficient (Wildman–Crippen LogP) is 1.08. The molecule has 2 N–H and O–H groups in total. The molecule has 0 saturated carbocycles. The lowest BCUT2D eigenvalue weighted by Gasteiger charge is -2.10. The zero-order chi connectivity index (χ0) is 11.5. The van der Waals surface area contributed by atoms with Crippen LogP contribution in [0, 0.1) is 0 Å². The lowest BCUT2D eigenvalue weighted by Crippen LogP contribution is -2.28. The Kier molecular flexibility index (Phi) is 9.52. The third-order valence-electron chi connectivity index (χ3n) is 2.25. The standard InChI is InChI=1S/C11H23NO3/c1-3-4-5-8-12-9-10(13)6-7-11(14)15-2/h10,12-13H,3-9H2,1-2H3. The van der Waals surface area contributed by atoms with Gasteiger partial charge in [-0.25, -0.2) is 0 Å². The summed E-state index contributed by atoms with van der Waals surface area (Å²) in [5.41, 5.74) is 0. The van der Waals surface area contributed by atoms with Crippen LogP contribution < -0.4 is 5.32 Å². The van der Waals surface area contributed by atoms with Crippen molar-refractivity contribution < 1.29 is 14.6 Å². The Morgan fingerprint density at radius 3 is 2.80 bits per heavy atom. The highest BCUT2D eigenvalue weighted by molar-refractivity contribution is 5.69. The molecule has 0 aromatic rings. The van der Waals surface area contributed by atoms with Gasteiger partial charge >= 0.3 is 5.97 Å². The van der Waals surface area contributed by atoms with Gasteiger partial charge in [-0.3, -0.25) is 4.79 Å². The lowest BCUT2D eigenvalue weighted by atomic mass is 10.2. The van der Waals surface area contributed by atoms with Gasteiger partial charge in [0.05, 0.1) is 13.2 Å². The molecule has 0 saturated heterocycles. The van der Waals surface area contributed by atoms with E-state index in [1.54, 1.807) is 0 Å². The Labute approximate surface area is 92.0 Å². The van der Waals surface area contributed by atoms with E-state index in [-0.39, 0.29) is 12.4 Å². The molecule has 0 rings (SSSR count). The average Bonchev–Trinajstić information content (AvgIpc) is 2.25. The number of hydrogen-bond acceptors (Lipinski definition) is 4. The number of nitrogens with one attached hydrogen (secondary N) is 1. The number of ether oxygens (including phenoxy) is 1. The Balaban J connectivity index is 3.25. The summed E-state index contributed by atoms with van der Waals surface area (Å²) >= 11 is 0. The zero-order valence-corrected chi connectivity index (χ0v) is 9.79. The molecule has 1 unspecified atom stereocenters. The van der Waals surface area contributed by atoms with Crippen molar-refractivity contribution in [2.45, 2.75) is 45.1 Å². The number of rotatable bonds is 9. The van der Waals surface area contributed by atoms with Crippen LogP contribution in [0.15, 0.2) is 0 Å². The van der Waals surface area contributed by atoms with Crippen molar-refractivity contribution in [3.63, 3.8) is 0 Å². The molecule has 0 radical (unpaired) electrons. The Morgan fingerprint density at radius 1 is 1.47 bits per heavy atom. The van der Waals surface area contributed by atoms with Crippen molar-refractivity contribution in [1.29, 1.82) is 0 Å². The Hall–Kier alpha value is -0.610. The normalized spacial score (nSPS) is 12.5. The van der Waals surface area contributed by atoms with Gasteiger partial charge in [0.2, 0.25) is 0 Å². The second-order valence-electron chi connectivity index (χ2n) is 3.68. The third-order valence-corrected chi connectivity index (χ3v) is 2.25. The summed E-state index contributed by atoms with van der Waals surface area (Å²) < 4.78 is 4.49. The topological polar surface area (TPSA) is 58.6 Å². The van der Waals surface area contributed by atoms with Crippen LogP contribution in [-0.4, -0.2) is 37.4 Å². The van der Waals surface area contributed by atoms with Gasteiger partial charge in [0, 0.05) is 13.0 Å². The number of unbranched alkanes of at least 4 members (excludes halogenated alkanes) is 2. The van der Waals surface area contributed by atoms with E-state index in [1.807, 2.05) is 0 Å². The zero-order valence-electron chi connectivity index (χ0n) is 9.79. The van der Waals surface area contributed by atoms with Crippen LogP contribution in [0.2, 0.25) is 0 Å². The van der Waals surface area contributed by atoms with Crippen LogP contribution >= 0.6 is 0 Å². The smallest absolute Gasteiger partial charge is 0.305 e. The van der Waals surface area contributed by atoms with Crippen molar-refractivity contribution in [2.75, 3.05) is 20.2 Å². The fourth-order valence-corrected chi connectivity index (χ4v) is 1.26. The molecule has 4 heteroatoms. The molecule has 0 fully saturated rings. The van der Waals surface area contributed by atoms with Crippen LogP contribution in [0.3, 0.4) is 0 Å². The maximum Gasteiger partial charge on any atom is 0.305 e. The van der Waals surface area contributed by atoms with Crippen molar-refractivity contribution in [2.24, 2.45) is 0 Å². The van der Waals surface area contributed by atoms with Crippen molar-refractivity contribution >= 4 is 5.97 Å². The second kappa shape index (κ2) is 9.93. The summed E-state index contributed by atoms with van der Waals surface area (Å²) in [5.74, 6) is -0.264. The van der Waals surface area contributed by atoms with Crippen LogP contribution in [-0.2, 0) is 9.53 Å². The van der Waals surface area contributed by atoms with Crippen LogP contribution in [0.4, 0.5) is 0 Å². The van der Waals surface area contributed by atoms with Gasteiger partial charge < -0.3 is 15.2 Å². The highest BCUT2D eigenvalue weighted by Gasteiger charge is 2.07. The summed E-state index contributed by atoms with van der Waals surface area (Å²) in [6.07, 6.45) is 3.85. The summed E-state index contributed by atoms with van der Waals surface area (Å²) in [4.78, 5) is 10.8. The number of carbonyl (C=O) groups excluding carboxylic acids is 1. The lowest BCUT2D eigenvalue weighted by molar-refractivity contribution is -0.141. The molecule has 0 heterocycles. The van der Waals surface area contributed by atoms with Crippen LogP contribution in [0.25, 0.3) is 0 Å². The first-order valence-corrected chi connectivity index (χ1v) is 5.66. The Morgan fingerprint density at radius 2 is 2.20 bits per heavy atom. The number of aliphatic hydroxyl groups excluding tert-OH is 1. The molecular weight excluding hydrogens is 194 g/mol. The molecule has 0 aliphatic carbocycles. The second-order valence-corrected chi connectivity index (χ2v) is 3.68. The largest absolute Gasteiger partial charge is 0.469 e. The molecule has 0 aromatic heterocycles. The molecule has 0 aliphatic rings. The summed E-state index contributed by atoms with van der Waals surface area (Å²) in [6.45, 7) is 3.65. The minimum absolute atomic E-state index is 0.264. The molecule has 0 spiro atoms. The molecule has 1 atom stereocenters. The van der Waals surface area contributed by atoms with Gasteiger partial charge in [-0.05, 0) is 19.4 Å². The van der Waals surface area contributed by atoms with Gasteiger partial charge in [0.1, 0.15) is 0 Å². The molecule has 0 bridgehead atoms. The number of esters is 1. The maximum absolute atomic E-state index is 10.8. The molecule has 0 aromatic carbocycles.